The van der Waals surface area contributed by atoms with Crippen LogP contribution in [-0.4, -0.2) is 61.5 Å². The van der Waals surface area contributed by atoms with Gasteiger partial charge < -0.3 is 10.5 Å². The summed E-state index contributed by atoms with van der Waals surface area (Å²) >= 11 is 0. The lowest BCUT2D eigenvalue weighted by molar-refractivity contribution is -0.0459. The lowest BCUT2D eigenvalue weighted by Gasteiger charge is -2.41. The summed E-state index contributed by atoms with van der Waals surface area (Å²) in [5.74, 6) is 0. The molecule has 2 aliphatic rings. The molecule has 0 aromatic carbocycles. The van der Waals surface area contributed by atoms with Crippen molar-refractivity contribution in [1.82, 2.24) is 8.61 Å². The van der Waals surface area contributed by atoms with Crippen molar-refractivity contribution in [3.05, 3.63) is 0 Å². The monoisotopic (exact) mass is 291 g/mol. The largest absolute Gasteiger partial charge is 0.373 e. The van der Waals surface area contributed by atoms with Gasteiger partial charge >= 0.3 is 0 Å². The predicted molar refractivity (Wildman–Crippen MR) is 73.9 cm³/mol. The molecule has 0 saturated carbocycles. The summed E-state index contributed by atoms with van der Waals surface area (Å²) in [7, 11) is -3.41. The highest BCUT2D eigenvalue weighted by atomic mass is 32.2. The number of nitrogens with zero attached hydrogens (tertiary/aromatic N) is 2. The maximum absolute atomic E-state index is 12.7. The third-order valence-corrected chi connectivity index (χ3v) is 5.88. The van der Waals surface area contributed by atoms with Crippen molar-refractivity contribution in [1.29, 1.82) is 0 Å². The summed E-state index contributed by atoms with van der Waals surface area (Å²) in [6.45, 7) is 5.67. The normalized spacial score (nSPS) is 35.4. The highest BCUT2D eigenvalue weighted by Crippen LogP contribution is 2.24. The van der Waals surface area contributed by atoms with E-state index in [1.54, 1.807) is 8.61 Å². The van der Waals surface area contributed by atoms with Crippen molar-refractivity contribution in [3.8, 4) is 0 Å². The molecule has 0 unspecified atom stereocenters. The van der Waals surface area contributed by atoms with Gasteiger partial charge in [-0.2, -0.15) is 17.0 Å². The van der Waals surface area contributed by atoms with Gasteiger partial charge in [-0.05, 0) is 26.7 Å². The minimum atomic E-state index is -3.41. The molecule has 7 heteroatoms. The molecule has 2 heterocycles. The molecular weight excluding hydrogens is 266 g/mol. The van der Waals surface area contributed by atoms with E-state index in [4.69, 9.17) is 10.5 Å². The molecule has 3 atom stereocenters. The van der Waals surface area contributed by atoms with Crippen LogP contribution in [0.1, 0.15) is 33.1 Å². The Morgan fingerprint density at radius 3 is 2.42 bits per heavy atom. The Balaban J connectivity index is 2.16. The number of hydrogen-bond acceptors (Lipinski definition) is 4. The molecule has 2 saturated heterocycles. The Morgan fingerprint density at radius 2 is 1.84 bits per heavy atom. The summed E-state index contributed by atoms with van der Waals surface area (Å²) in [6.07, 6.45) is 2.74. The van der Waals surface area contributed by atoms with Crippen molar-refractivity contribution >= 4 is 10.2 Å². The molecular formula is C12H25N3O3S. The number of hydrogen-bond donors (Lipinski definition) is 1. The van der Waals surface area contributed by atoms with Crippen molar-refractivity contribution in [2.24, 2.45) is 5.73 Å². The molecule has 2 fully saturated rings. The molecule has 6 nitrogen and oxygen atoms in total. The zero-order valence-electron chi connectivity index (χ0n) is 11.8. The van der Waals surface area contributed by atoms with Crippen LogP contribution < -0.4 is 5.73 Å². The molecule has 0 aromatic heterocycles. The first-order valence-electron chi connectivity index (χ1n) is 7.07. The Labute approximate surface area is 116 Å². The fraction of sp³-hybridized carbons (Fsp3) is 1.00. The average Bonchev–Trinajstić information content (AvgIpc) is 2.37. The number of piperidine rings is 1. The summed E-state index contributed by atoms with van der Waals surface area (Å²) in [5, 5.41) is 0. The van der Waals surface area contributed by atoms with E-state index in [0.29, 0.717) is 26.2 Å². The fourth-order valence-electron chi connectivity index (χ4n) is 2.98. The third kappa shape index (κ3) is 3.28. The Bertz CT molecular complexity index is 391. The van der Waals surface area contributed by atoms with Crippen molar-refractivity contribution in [2.45, 2.75) is 51.4 Å². The van der Waals surface area contributed by atoms with Gasteiger partial charge in [0, 0.05) is 32.2 Å². The maximum Gasteiger partial charge on any atom is 0.282 e. The average molecular weight is 291 g/mol. The fourth-order valence-corrected chi connectivity index (χ4v) is 5.00. The zero-order chi connectivity index (χ0) is 14.0. The van der Waals surface area contributed by atoms with Crippen LogP contribution in [0.2, 0.25) is 0 Å². The summed E-state index contributed by atoms with van der Waals surface area (Å²) in [5.41, 5.74) is 5.73. The summed E-state index contributed by atoms with van der Waals surface area (Å²) in [6, 6.07) is -0.0489. The summed E-state index contributed by atoms with van der Waals surface area (Å²) < 4.78 is 34.2. The Morgan fingerprint density at radius 1 is 1.21 bits per heavy atom. The third-order valence-electron chi connectivity index (χ3n) is 3.85. The molecule has 0 radical (unpaired) electrons. The molecule has 0 aliphatic carbocycles. The minimum absolute atomic E-state index is 0.0489. The number of rotatable bonds is 3. The van der Waals surface area contributed by atoms with E-state index in [-0.39, 0.29) is 18.2 Å². The van der Waals surface area contributed by atoms with E-state index < -0.39 is 10.2 Å². The smallest absolute Gasteiger partial charge is 0.282 e. The topological polar surface area (TPSA) is 75.9 Å². The van der Waals surface area contributed by atoms with Crippen LogP contribution in [-0.2, 0) is 14.9 Å². The van der Waals surface area contributed by atoms with Gasteiger partial charge in [0.05, 0.1) is 12.2 Å². The van der Waals surface area contributed by atoms with Gasteiger partial charge in [0.25, 0.3) is 10.2 Å². The van der Waals surface area contributed by atoms with E-state index in [1.807, 2.05) is 13.8 Å². The molecule has 0 bridgehead atoms. The molecule has 2 aliphatic heterocycles. The van der Waals surface area contributed by atoms with Gasteiger partial charge in [-0.15, -0.1) is 0 Å². The first-order valence-corrected chi connectivity index (χ1v) is 8.47. The molecule has 2 rings (SSSR count). The second-order valence-corrected chi connectivity index (χ2v) is 7.46. The van der Waals surface area contributed by atoms with Crippen molar-refractivity contribution < 1.29 is 13.2 Å². The first-order chi connectivity index (χ1) is 8.95. The van der Waals surface area contributed by atoms with Crippen molar-refractivity contribution in [3.63, 3.8) is 0 Å². The van der Waals surface area contributed by atoms with Gasteiger partial charge in [-0.3, -0.25) is 0 Å². The van der Waals surface area contributed by atoms with Crippen LogP contribution >= 0.6 is 0 Å². The van der Waals surface area contributed by atoms with Crippen LogP contribution in [0, 0.1) is 0 Å². The molecule has 0 spiro atoms. The first kappa shape index (κ1) is 15.2. The highest BCUT2D eigenvalue weighted by Gasteiger charge is 2.39. The number of nitrogens with two attached hydrogens (primary N) is 1. The lowest BCUT2D eigenvalue weighted by atomic mass is 10.1. The molecule has 19 heavy (non-hydrogen) atoms. The highest BCUT2D eigenvalue weighted by molar-refractivity contribution is 7.86. The van der Waals surface area contributed by atoms with Gasteiger partial charge in [-0.25, -0.2) is 0 Å². The van der Waals surface area contributed by atoms with E-state index in [9.17, 15) is 8.42 Å². The second kappa shape index (κ2) is 6.05. The van der Waals surface area contributed by atoms with Crippen LogP contribution in [0.4, 0.5) is 0 Å². The number of ether oxygens (including phenoxy) is 1. The van der Waals surface area contributed by atoms with Crippen LogP contribution in [0.5, 0.6) is 0 Å². The van der Waals surface area contributed by atoms with Gasteiger partial charge in [0.15, 0.2) is 0 Å². The predicted octanol–water partition coefficient (Wildman–Crippen LogP) is 0.154. The Hall–Kier alpha value is -0.210. The van der Waals surface area contributed by atoms with Gasteiger partial charge in [0.1, 0.15) is 0 Å². The molecule has 0 amide bonds. The molecule has 112 valence electrons. The zero-order valence-corrected chi connectivity index (χ0v) is 12.6. The number of morpholine rings is 1. The second-order valence-electron chi connectivity index (χ2n) is 5.58. The van der Waals surface area contributed by atoms with Crippen LogP contribution in [0.3, 0.4) is 0 Å². The van der Waals surface area contributed by atoms with Crippen LogP contribution in [0.15, 0.2) is 0 Å². The summed E-state index contributed by atoms with van der Waals surface area (Å²) in [4.78, 5) is 0. The van der Waals surface area contributed by atoms with Gasteiger partial charge in [-0.1, -0.05) is 6.42 Å². The quantitative estimate of drug-likeness (QED) is 0.803. The van der Waals surface area contributed by atoms with Gasteiger partial charge in [0.2, 0.25) is 0 Å². The lowest BCUT2D eigenvalue weighted by Crippen LogP contribution is -2.57. The molecule has 0 aromatic rings. The minimum Gasteiger partial charge on any atom is -0.373 e. The Kier molecular flexibility index (Phi) is 4.84. The van der Waals surface area contributed by atoms with E-state index in [1.165, 1.54) is 0 Å². The van der Waals surface area contributed by atoms with E-state index in [0.717, 1.165) is 19.3 Å². The SMILES string of the molecule is C[C@@H]1CN(S(=O)(=O)N2CCCC[C@H]2CN)C[C@H](C)O1. The van der Waals surface area contributed by atoms with Crippen molar-refractivity contribution in [2.75, 3.05) is 26.2 Å². The molecule has 2 N–H and O–H groups in total. The standard InChI is InChI=1S/C12H25N3O3S/c1-10-8-14(9-11(2)18-10)19(16,17)15-6-4-3-5-12(15)7-13/h10-12H,3-9,13H2,1-2H3/t10-,11+,12-/m0/s1. The maximum atomic E-state index is 12.7. The van der Waals surface area contributed by atoms with E-state index in [2.05, 4.69) is 0 Å². The van der Waals surface area contributed by atoms with Crippen LogP contribution in [0.25, 0.3) is 0 Å². The van der Waals surface area contributed by atoms with E-state index >= 15 is 0 Å².